The number of benzene rings is 1. The number of carbonyl (C=O) groups excluding carboxylic acids is 1. The van der Waals surface area contributed by atoms with Crippen LogP contribution in [0.25, 0.3) is 0 Å². The third kappa shape index (κ3) is 2.79. The van der Waals surface area contributed by atoms with Gasteiger partial charge < -0.3 is 14.8 Å². The first kappa shape index (κ1) is 14.1. The fourth-order valence-corrected chi connectivity index (χ4v) is 3.90. The Balaban J connectivity index is 1.40. The van der Waals surface area contributed by atoms with Gasteiger partial charge in [-0.1, -0.05) is 52.9 Å². The topological polar surface area (TPSA) is 47.6 Å². The van der Waals surface area contributed by atoms with E-state index in [4.69, 9.17) is 9.47 Å². The van der Waals surface area contributed by atoms with E-state index in [-0.39, 0.29) is 11.7 Å². The summed E-state index contributed by atoms with van der Waals surface area (Å²) in [7, 11) is 0. The molecule has 0 radical (unpaired) electrons. The zero-order valence-corrected chi connectivity index (χ0v) is 13.4. The Morgan fingerprint density at radius 1 is 1.35 bits per heavy atom. The molecule has 1 aromatic carbocycles. The van der Waals surface area contributed by atoms with E-state index in [9.17, 15) is 4.79 Å². The summed E-state index contributed by atoms with van der Waals surface area (Å²) in [4.78, 5) is 11.7. The number of hydrogen-bond donors (Lipinski definition) is 1. The number of amides is 1. The first-order valence-electron chi connectivity index (χ1n) is 6.80. The third-order valence-electron chi connectivity index (χ3n) is 4.13. The molecular weight excluding hydrogens is 369 g/mol. The Morgan fingerprint density at radius 2 is 2.10 bits per heavy atom. The Hall–Kier alpha value is -0.820. The van der Waals surface area contributed by atoms with Crippen molar-refractivity contribution in [3.63, 3.8) is 0 Å². The van der Waals surface area contributed by atoms with Crippen LogP contribution in [-0.2, 0) is 16.1 Å². The molecule has 2 heterocycles. The zero-order valence-electron chi connectivity index (χ0n) is 11.2. The van der Waals surface area contributed by atoms with Crippen molar-refractivity contribution in [1.82, 2.24) is 5.32 Å². The van der Waals surface area contributed by atoms with Crippen LogP contribution in [0.4, 0.5) is 4.79 Å². The average molecular weight is 387 g/mol. The van der Waals surface area contributed by atoms with Crippen molar-refractivity contribution in [3.05, 3.63) is 35.9 Å². The van der Waals surface area contributed by atoms with E-state index in [0.29, 0.717) is 18.6 Å². The summed E-state index contributed by atoms with van der Waals surface area (Å²) in [5, 5.41) is 2.83. The number of halogens is 1. The molecule has 2 aliphatic heterocycles. The van der Waals surface area contributed by atoms with Crippen LogP contribution < -0.4 is 5.32 Å². The van der Waals surface area contributed by atoms with Crippen LogP contribution in [0.2, 0.25) is 0 Å². The molecular formula is C15H18INO3. The molecule has 3 aliphatic rings. The van der Waals surface area contributed by atoms with Gasteiger partial charge in [-0.05, 0) is 18.4 Å². The lowest BCUT2D eigenvalue weighted by atomic mass is 9.64. The van der Waals surface area contributed by atoms with Gasteiger partial charge in [-0.3, -0.25) is 0 Å². The molecule has 2 saturated heterocycles. The second-order valence-electron chi connectivity index (χ2n) is 5.87. The molecule has 0 unspecified atom stereocenters. The van der Waals surface area contributed by atoms with Crippen molar-refractivity contribution in [2.45, 2.75) is 25.0 Å². The second-order valence-corrected chi connectivity index (χ2v) is 6.64. The fourth-order valence-electron chi connectivity index (χ4n) is 3.14. The standard InChI is InChI=1S/C15H18INO3/c16-9-14-7-15(8-14,20-11-14)10-17-13(18)19-6-12-4-2-1-3-5-12/h1-5H,6-11H2,(H,17,18). The molecule has 0 atom stereocenters. The van der Waals surface area contributed by atoms with E-state index in [1.807, 2.05) is 30.3 Å². The van der Waals surface area contributed by atoms with Crippen LogP contribution >= 0.6 is 22.6 Å². The highest BCUT2D eigenvalue weighted by Crippen LogP contribution is 2.58. The lowest BCUT2D eigenvalue weighted by molar-refractivity contribution is -0.00913. The Morgan fingerprint density at radius 3 is 2.75 bits per heavy atom. The number of alkyl halides is 1. The smallest absolute Gasteiger partial charge is 0.407 e. The molecule has 5 heteroatoms. The Kier molecular flexibility index (Phi) is 3.90. The number of ether oxygens (including phenoxy) is 2. The van der Waals surface area contributed by atoms with Gasteiger partial charge in [-0.25, -0.2) is 4.79 Å². The molecule has 1 amide bonds. The summed E-state index contributed by atoms with van der Waals surface area (Å²) in [6.07, 6.45) is 1.75. The quantitative estimate of drug-likeness (QED) is 0.625. The van der Waals surface area contributed by atoms with Gasteiger partial charge in [0.25, 0.3) is 0 Å². The molecule has 4 rings (SSSR count). The van der Waals surface area contributed by atoms with Crippen molar-refractivity contribution in [2.24, 2.45) is 5.41 Å². The monoisotopic (exact) mass is 387 g/mol. The molecule has 0 aromatic heterocycles. The average Bonchev–Trinajstić information content (AvgIpc) is 3.00. The van der Waals surface area contributed by atoms with Gasteiger partial charge in [0, 0.05) is 16.4 Å². The lowest BCUT2D eigenvalue weighted by Gasteiger charge is -2.43. The van der Waals surface area contributed by atoms with Gasteiger partial charge in [0.05, 0.1) is 12.2 Å². The van der Waals surface area contributed by atoms with Gasteiger partial charge in [0.1, 0.15) is 6.61 Å². The summed E-state index contributed by atoms with van der Waals surface area (Å²) in [6.45, 7) is 1.69. The number of rotatable bonds is 5. The van der Waals surface area contributed by atoms with Gasteiger partial charge in [-0.2, -0.15) is 0 Å². The molecule has 1 saturated carbocycles. The minimum absolute atomic E-state index is 0.128. The molecule has 108 valence electrons. The predicted molar refractivity (Wildman–Crippen MR) is 83.9 cm³/mol. The van der Waals surface area contributed by atoms with Gasteiger partial charge >= 0.3 is 6.09 Å². The minimum atomic E-state index is -0.370. The largest absolute Gasteiger partial charge is 0.445 e. The highest BCUT2D eigenvalue weighted by molar-refractivity contribution is 14.1. The Labute approximate surface area is 132 Å². The van der Waals surface area contributed by atoms with Crippen molar-refractivity contribution in [2.75, 3.05) is 17.6 Å². The van der Waals surface area contributed by atoms with Crippen molar-refractivity contribution < 1.29 is 14.3 Å². The van der Waals surface area contributed by atoms with Crippen molar-refractivity contribution >= 4 is 28.7 Å². The number of carbonyl (C=O) groups is 1. The maximum atomic E-state index is 11.7. The van der Waals surface area contributed by atoms with Crippen LogP contribution in [0.5, 0.6) is 0 Å². The van der Waals surface area contributed by atoms with Gasteiger partial charge in [0.2, 0.25) is 0 Å². The van der Waals surface area contributed by atoms with E-state index in [1.165, 1.54) is 0 Å². The van der Waals surface area contributed by atoms with Crippen LogP contribution in [0.3, 0.4) is 0 Å². The third-order valence-corrected chi connectivity index (χ3v) is 5.75. The summed E-state index contributed by atoms with van der Waals surface area (Å²) in [6, 6.07) is 9.68. The number of hydrogen-bond acceptors (Lipinski definition) is 3. The number of fused-ring (bicyclic) bond motifs is 1. The molecule has 4 nitrogen and oxygen atoms in total. The molecule has 20 heavy (non-hydrogen) atoms. The van der Waals surface area contributed by atoms with Crippen molar-refractivity contribution in [3.8, 4) is 0 Å². The maximum Gasteiger partial charge on any atom is 0.407 e. The highest BCUT2D eigenvalue weighted by Gasteiger charge is 2.61. The first-order valence-corrected chi connectivity index (χ1v) is 8.33. The summed E-state index contributed by atoms with van der Waals surface area (Å²) < 4.78 is 12.2. The summed E-state index contributed by atoms with van der Waals surface area (Å²) >= 11 is 2.42. The van der Waals surface area contributed by atoms with E-state index in [0.717, 1.165) is 29.4 Å². The predicted octanol–water partition coefficient (Wildman–Crippen LogP) is 2.90. The number of nitrogens with one attached hydrogen (secondary N) is 1. The molecule has 0 spiro atoms. The van der Waals surface area contributed by atoms with Gasteiger partial charge in [0.15, 0.2) is 0 Å². The Bertz CT molecular complexity index is 485. The number of alkyl carbamates (subject to hydrolysis) is 1. The second kappa shape index (κ2) is 5.52. The molecule has 1 aromatic rings. The van der Waals surface area contributed by atoms with E-state index < -0.39 is 0 Å². The lowest BCUT2D eigenvalue weighted by Crippen LogP contribution is -2.52. The molecule has 1 aliphatic carbocycles. The van der Waals surface area contributed by atoms with Crippen molar-refractivity contribution in [1.29, 1.82) is 0 Å². The van der Waals surface area contributed by atoms with Crippen LogP contribution in [0.15, 0.2) is 30.3 Å². The summed E-state index contributed by atoms with van der Waals surface area (Å²) in [5.74, 6) is 0. The molecule has 1 N–H and O–H groups in total. The normalized spacial score (nSPS) is 30.6. The molecule has 3 fully saturated rings. The van der Waals surface area contributed by atoms with Crippen LogP contribution in [-0.4, -0.2) is 29.3 Å². The van der Waals surface area contributed by atoms with Gasteiger partial charge in [-0.15, -0.1) is 0 Å². The summed E-state index contributed by atoms with van der Waals surface area (Å²) in [5.41, 5.74) is 1.23. The van der Waals surface area contributed by atoms with E-state index in [2.05, 4.69) is 27.9 Å². The SMILES string of the molecule is O=C(NCC12CC(CI)(CO1)C2)OCc1ccccc1. The maximum absolute atomic E-state index is 11.7. The van der Waals surface area contributed by atoms with Crippen LogP contribution in [0, 0.1) is 5.41 Å². The first-order chi connectivity index (χ1) is 9.65. The van der Waals surface area contributed by atoms with E-state index >= 15 is 0 Å². The van der Waals surface area contributed by atoms with Crippen LogP contribution in [0.1, 0.15) is 18.4 Å². The highest BCUT2D eigenvalue weighted by atomic mass is 127. The zero-order chi connectivity index (χ0) is 14.1. The van der Waals surface area contributed by atoms with E-state index in [1.54, 1.807) is 0 Å². The molecule has 2 bridgehead atoms. The minimum Gasteiger partial charge on any atom is -0.445 e. The fraction of sp³-hybridized carbons (Fsp3) is 0.533.